The van der Waals surface area contributed by atoms with E-state index in [2.05, 4.69) is 24.3 Å². The second-order valence-corrected chi connectivity index (χ2v) is 5.70. The summed E-state index contributed by atoms with van der Waals surface area (Å²) >= 11 is 0. The van der Waals surface area contributed by atoms with E-state index in [0.29, 0.717) is 6.04 Å². The predicted molar refractivity (Wildman–Crippen MR) is 79.9 cm³/mol. The van der Waals surface area contributed by atoms with Crippen LogP contribution in [-0.2, 0) is 7.05 Å². The fraction of sp³-hybridized carbons (Fsp3) is 0.733. The van der Waals surface area contributed by atoms with E-state index in [0.717, 1.165) is 42.9 Å². The molecule has 1 fully saturated rings. The van der Waals surface area contributed by atoms with Gasteiger partial charge >= 0.3 is 0 Å². The summed E-state index contributed by atoms with van der Waals surface area (Å²) in [5, 5.41) is 7.90. The van der Waals surface area contributed by atoms with Gasteiger partial charge in [0, 0.05) is 37.9 Å². The third-order valence-corrected chi connectivity index (χ3v) is 4.45. The highest BCUT2D eigenvalue weighted by Gasteiger charge is 2.32. The molecule has 112 valence electrons. The smallest absolute Gasteiger partial charge is 0.257 e. The highest BCUT2D eigenvalue weighted by atomic mass is 16.2. The zero-order valence-corrected chi connectivity index (χ0v) is 13.2. The number of carbonyl (C=O) groups excluding carboxylic acids is 1. The van der Waals surface area contributed by atoms with Crippen LogP contribution in [0.2, 0.25) is 0 Å². The average Bonchev–Trinajstić information content (AvgIpc) is 2.70. The Kier molecular flexibility index (Phi) is 4.48. The maximum Gasteiger partial charge on any atom is 0.257 e. The van der Waals surface area contributed by atoms with Crippen LogP contribution in [0.5, 0.6) is 0 Å². The maximum absolute atomic E-state index is 12.9. The second kappa shape index (κ2) is 5.95. The Balaban J connectivity index is 2.29. The summed E-state index contributed by atoms with van der Waals surface area (Å²) in [6.45, 7) is 9.87. The average molecular weight is 278 g/mol. The van der Waals surface area contributed by atoms with E-state index in [9.17, 15) is 4.79 Å². The van der Waals surface area contributed by atoms with Crippen LogP contribution >= 0.6 is 0 Å². The first-order chi connectivity index (χ1) is 9.49. The minimum absolute atomic E-state index is 0.139. The lowest BCUT2D eigenvalue weighted by Gasteiger charge is -2.40. The van der Waals surface area contributed by atoms with Gasteiger partial charge in [-0.2, -0.15) is 5.10 Å². The van der Waals surface area contributed by atoms with Gasteiger partial charge in [0.2, 0.25) is 0 Å². The zero-order chi connectivity index (χ0) is 14.9. The molecule has 0 bridgehead atoms. The van der Waals surface area contributed by atoms with Gasteiger partial charge in [-0.3, -0.25) is 9.48 Å². The fourth-order valence-electron chi connectivity index (χ4n) is 2.98. The number of aryl methyl sites for hydroxylation is 2. The molecule has 1 aliphatic heterocycles. The Morgan fingerprint density at radius 3 is 2.55 bits per heavy atom. The minimum atomic E-state index is 0.139. The molecule has 20 heavy (non-hydrogen) atoms. The standard InChI is InChI=1S/C15H26N4O/c1-6-12-9-19(13(7-2)8-16-12)15(20)14-10(3)17-18(5)11(14)4/h12-13,16H,6-9H2,1-5H3. The number of hydrogen-bond acceptors (Lipinski definition) is 3. The Morgan fingerprint density at radius 2 is 2.05 bits per heavy atom. The summed E-state index contributed by atoms with van der Waals surface area (Å²) in [4.78, 5) is 15.0. The van der Waals surface area contributed by atoms with Gasteiger partial charge in [0.05, 0.1) is 11.3 Å². The topological polar surface area (TPSA) is 50.2 Å². The number of piperazine rings is 1. The van der Waals surface area contributed by atoms with Crippen LogP contribution in [0.3, 0.4) is 0 Å². The molecule has 5 nitrogen and oxygen atoms in total. The van der Waals surface area contributed by atoms with E-state index in [-0.39, 0.29) is 11.9 Å². The number of rotatable bonds is 3. The van der Waals surface area contributed by atoms with E-state index in [1.54, 1.807) is 4.68 Å². The van der Waals surface area contributed by atoms with Gasteiger partial charge < -0.3 is 10.2 Å². The summed E-state index contributed by atoms with van der Waals surface area (Å²) in [5.41, 5.74) is 2.56. The number of hydrogen-bond donors (Lipinski definition) is 1. The molecule has 0 radical (unpaired) electrons. The van der Waals surface area contributed by atoms with Gasteiger partial charge in [0.1, 0.15) is 0 Å². The number of carbonyl (C=O) groups is 1. The van der Waals surface area contributed by atoms with Gasteiger partial charge in [-0.1, -0.05) is 13.8 Å². The van der Waals surface area contributed by atoms with Gasteiger partial charge in [-0.25, -0.2) is 0 Å². The molecular formula is C15H26N4O. The van der Waals surface area contributed by atoms with Gasteiger partial charge in [-0.15, -0.1) is 0 Å². The van der Waals surface area contributed by atoms with Crippen molar-refractivity contribution < 1.29 is 4.79 Å². The molecule has 2 heterocycles. The minimum Gasteiger partial charge on any atom is -0.333 e. The summed E-state index contributed by atoms with van der Waals surface area (Å²) in [6, 6.07) is 0.684. The van der Waals surface area contributed by atoms with Crippen LogP contribution in [0.4, 0.5) is 0 Å². The number of nitrogens with zero attached hydrogens (tertiary/aromatic N) is 3. The van der Waals surface area contributed by atoms with Gasteiger partial charge in [0.15, 0.2) is 0 Å². The van der Waals surface area contributed by atoms with E-state index < -0.39 is 0 Å². The largest absolute Gasteiger partial charge is 0.333 e. The van der Waals surface area contributed by atoms with Gasteiger partial charge in [-0.05, 0) is 26.7 Å². The Bertz CT molecular complexity index is 494. The van der Waals surface area contributed by atoms with Crippen molar-refractivity contribution in [2.45, 2.75) is 52.6 Å². The van der Waals surface area contributed by atoms with E-state index in [4.69, 9.17) is 0 Å². The molecule has 1 aromatic rings. The van der Waals surface area contributed by atoms with E-state index in [1.807, 2.05) is 25.8 Å². The highest BCUT2D eigenvalue weighted by molar-refractivity contribution is 5.96. The van der Waals surface area contributed by atoms with Crippen molar-refractivity contribution in [1.29, 1.82) is 0 Å². The Labute approximate surface area is 121 Å². The Morgan fingerprint density at radius 1 is 1.35 bits per heavy atom. The quantitative estimate of drug-likeness (QED) is 0.914. The highest BCUT2D eigenvalue weighted by Crippen LogP contribution is 2.20. The molecule has 0 spiro atoms. The molecule has 0 aromatic carbocycles. The molecular weight excluding hydrogens is 252 g/mol. The van der Waals surface area contributed by atoms with E-state index in [1.165, 1.54) is 0 Å². The van der Waals surface area contributed by atoms with Crippen molar-refractivity contribution in [2.24, 2.45) is 7.05 Å². The zero-order valence-electron chi connectivity index (χ0n) is 13.2. The van der Waals surface area contributed by atoms with Crippen molar-refractivity contribution in [3.8, 4) is 0 Å². The van der Waals surface area contributed by atoms with Crippen LogP contribution in [0.15, 0.2) is 0 Å². The molecule has 1 aliphatic rings. The van der Waals surface area contributed by atoms with Crippen molar-refractivity contribution >= 4 is 5.91 Å². The van der Waals surface area contributed by atoms with Crippen LogP contribution in [0.25, 0.3) is 0 Å². The van der Waals surface area contributed by atoms with Gasteiger partial charge in [0.25, 0.3) is 5.91 Å². The second-order valence-electron chi connectivity index (χ2n) is 5.70. The van der Waals surface area contributed by atoms with E-state index >= 15 is 0 Å². The molecule has 0 aliphatic carbocycles. The molecule has 1 saturated heterocycles. The SMILES string of the molecule is CCC1CN(C(=O)c2c(C)nn(C)c2C)C(CC)CN1. The summed E-state index contributed by atoms with van der Waals surface area (Å²) in [7, 11) is 1.89. The molecule has 2 rings (SSSR count). The number of amides is 1. The molecule has 1 N–H and O–H groups in total. The lowest BCUT2D eigenvalue weighted by molar-refractivity contribution is 0.0574. The third kappa shape index (κ3) is 2.59. The van der Waals surface area contributed by atoms with Crippen LogP contribution in [0.1, 0.15) is 48.4 Å². The maximum atomic E-state index is 12.9. The van der Waals surface area contributed by atoms with Crippen molar-refractivity contribution in [3.05, 3.63) is 17.0 Å². The Hall–Kier alpha value is -1.36. The first-order valence-electron chi connectivity index (χ1n) is 7.54. The number of nitrogens with one attached hydrogen (secondary N) is 1. The van der Waals surface area contributed by atoms with Crippen LogP contribution < -0.4 is 5.32 Å². The van der Waals surface area contributed by atoms with Crippen LogP contribution in [0, 0.1) is 13.8 Å². The molecule has 2 atom stereocenters. The molecule has 1 amide bonds. The summed E-state index contributed by atoms with van der Waals surface area (Å²) in [5.74, 6) is 0.139. The lowest BCUT2D eigenvalue weighted by Crippen LogP contribution is -2.58. The predicted octanol–water partition coefficient (Wildman–Crippen LogP) is 1.64. The fourth-order valence-corrected chi connectivity index (χ4v) is 2.98. The van der Waals surface area contributed by atoms with Crippen molar-refractivity contribution in [1.82, 2.24) is 20.0 Å². The third-order valence-electron chi connectivity index (χ3n) is 4.45. The first-order valence-corrected chi connectivity index (χ1v) is 7.54. The number of aromatic nitrogens is 2. The summed E-state index contributed by atoms with van der Waals surface area (Å²) < 4.78 is 1.79. The molecule has 1 aromatic heterocycles. The lowest BCUT2D eigenvalue weighted by atomic mass is 10.0. The first kappa shape index (κ1) is 15.0. The van der Waals surface area contributed by atoms with Crippen LogP contribution in [-0.4, -0.2) is 45.8 Å². The monoisotopic (exact) mass is 278 g/mol. The van der Waals surface area contributed by atoms with Crippen molar-refractivity contribution in [3.63, 3.8) is 0 Å². The normalized spacial score (nSPS) is 23.1. The molecule has 2 unspecified atom stereocenters. The van der Waals surface area contributed by atoms with Crippen molar-refractivity contribution in [2.75, 3.05) is 13.1 Å². The molecule has 0 saturated carbocycles. The summed E-state index contributed by atoms with van der Waals surface area (Å²) in [6.07, 6.45) is 2.03. The molecule has 5 heteroatoms.